The van der Waals surface area contributed by atoms with Gasteiger partial charge in [-0.25, -0.2) is 8.42 Å². The van der Waals surface area contributed by atoms with Gasteiger partial charge in [0.15, 0.2) is 9.84 Å². The second-order valence-corrected chi connectivity index (χ2v) is 6.84. The summed E-state index contributed by atoms with van der Waals surface area (Å²) in [7, 11) is -3.31. The Hall–Kier alpha value is -1.36. The maximum absolute atomic E-state index is 11.7. The lowest BCUT2D eigenvalue weighted by Crippen LogP contribution is -2.12. The summed E-state index contributed by atoms with van der Waals surface area (Å²) in [6, 6.07) is 6.73. The van der Waals surface area contributed by atoms with E-state index in [0.29, 0.717) is 11.5 Å². The summed E-state index contributed by atoms with van der Waals surface area (Å²) in [5.74, 6) is -0.757. The summed E-state index contributed by atoms with van der Waals surface area (Å²) in [6.45, 7) is 0. The Morgan fingerprint density at radius 3 is 2.50 bits per heavy atom. The van der Waals surface area contributed by atoms with Gasteiger partial charge in [-0.2, -0.15) is 0 Å². The molecule has 0 saturated heterocycles. The van der Waals surface area contributed by atoms with Gasteiger partial charge in [0.2, 0.25) is 0 Å². The first-order valence-corrected chi connectivity index (χ1v) is 7.79. The van der Waals surface area contributed by atoms with Gasteiger partial charge in [0, 0.05) is 6.26 Å². The van der Waals surface area contributed by atoms with Gasteiger partial charge in [-0.3, -0.25) is 4.79 Å². The largest absolute Gasteiger partial charge is 0.481 e. The predicted octanol–water partition coefficient (Wildman–Crippen LogP) is 2.06. The summed E-state index contributed by atoms with van der Waals surface area (Å²) in [5.41, 5.74) is 0.657. The zero-order chi connectivity index (χ0) is 13.3. The summed E-state index contributed by atoms with van der Waals surface area (Å²) in [6.07, 6.45) is 3.12. The van der Waals surface area contributed by atoms with Crippen LogP contribution in [0.5, 0.6) is 0 Å². The van der Waals surface area contributed by atoms with Crippen molar-refractivity contribution in [1.82, 2.24) is 0 Å². The van der Waals surface area contributed by atoms with Crippen LogP contribution in [0.15, 0.2) is 29.2 Å². The van der Waals surface area contributed by atoms with Crippen LogP contribution in [0.3, 0.4) is 0 Å². The molecule has 1 aliphatic rings. The van der Waals surface area contributed by atoms with Crippen molar-refractivity contribution in [1.29, 1.82) is 0 Å². The Morgan fingerprint density at radius 2 is 2.00 bits per heavy atom. The molecule has 0 radical (unpaired) electrons. The average molecular weight is 268 g/mol. The molecule has 1 fully saturated rings. The first kappa shape index (κ1) is 13.1. The Bertz CT molecular complexity index is 558. The maximum Gasteiger partial charge on any atom is 0.303 e. The average Bonchev–Trinajstić information content (AvgIpc) is 3.08. The second-order valence-electron chi connectivity index (χ2n) is 4.85. The van der Waals surface area contributed by atoms with E-state index < -0.39 is 15.8 Å². The molecule has 0 bridgehead atoms. The highest BCUT2D eigenvalue weighted by atomic mass is 32.2. The molecule has 0 heterocycles. The molecule has 1 aromatic carbocycles. The zero-order valence-electron chi connectivity index (χ0n) is 10.2. The Morgan fingerprint density at radius 1 is 1.39 bits per heavy atom. The van der Waals surface area contributed by atoms with Crippen LogP contribution >= 0.6 is 0 Å². The van der Waals surface area contributed by atoms with Crippen LogP contribution in [0.4, 0.5) is 0 Å². The Kier molecular flexibility index (Phi) is 3.43. The summed E-state index contributed by atoms with van der Waals surface area (Å²) >= 11 is 0. The predicted molar refractivity (Wildman–Crippen MR) is 67.3 cm³/mol. The SMILES string of the molecule is CS(=O)(=O)c1ccccc1C(CC(=O)O)C1CC1. The monoisotopic (exact) mass is 268 g/mol. The molecule has 2 rings (SSSR count). The van der Waals surface area contributed by atoms with Gasteiger partial charge in [0.05, 0.1) is 11.3 Å². The molecule has 1 saturated carbocycles. The van der Waals surface area contributed by atoms with E-state index in [-0.39, 0.29) is 17.2 Å². The van der Waals surface area contributed by atoms with E-state index in [1.165, 1.54) is 0 Å². The van der Waals surface area contributed by atoms with Crippen LogP contribution < -0.4 is 0 Å². The van der Waals surface area contributed by atoms with Gasteiger partial charge >= 0.3 is 5.97 Å². The molecule has 5 heteroatoms. The van der Waals surface area contributed by atoms with Crippen molar-refractivity contribution in [2.75, 3.05) is 6.26 Å². The highest BCUT2D eigenvalue weighted by Crippen LogP contribution is 2.46. The number of rotatable bonds is 5. The topological polar surface area (TPSA) is 71.4 Å². The van der Waals surface area contributed by atoms with Crippen molar-refractivity contribution in [3.05, 3.63) is 29.8 Å². The molecule has 4 nitrogen and oxygen atoms in total. The van der Waals surface area contributed by atoms with Gasteiger partial charge in [-0.15, -0.1) is 0 Å². The standard InChI is InChI=1S/C13H16O4S/c1-18(16,17)12-5-3-2-4-10(12)11(8-13(14)15)9-6-7-9/h2-5,9,11H,6-8H2,1H3,(H,14,15). The summed E-state index contributed by atoms with van der Waals surface area (Å²) in [4.78, 5) is 11.2. The third kappa shape index (κ3) is 2.90. The first-order chi connectivity index (χ1) is 8.39. The molecule has 1 unspecified atom stereocenters. The van der Waals surface area contributed by atoms with Crippen LogP contribution in [-0.4, -0.2) is 25.7 Å². The molecular weight excluding hydrogens is 252 g/mol. The van der Waals surface area contributed by atoms with Gasteiger partial charge < -0.3 is 5.11 Å². The summed E-state index contributed by atoms with van der Waals surface area (Å²) in [5, 5.41) is 8.97. The number of sulfone groups is 1. The van der Waals surface area contributed by atoms with Crippen molar-refractivity contribution in [2.24, 2.45) is 5.92 Å². The van der Waals surface area contributed by atoms with E-state index >= 15 is 0 Å². The lowest BCUT2D eigenvalue weighted by atomic mass is 9.91. The highest BCUT2D eigenvalue weighted by Gasteiger charge is 2.35. The zero-order valence-corrected chi connectivity index (χ0v) is 11.0. The molecule has 0 aromatic heterocycles. The number of aliphatic carboxylic acids is 1. The number of carboxylic acids is 1. The molecular formula is C13H16O4S. The second kappa shape index (κ2) is 4.72. The van der Waals surface area contributed by atoms with Crippen LogP contribution in [0.1, 0.15) is 30.7 Å². The van der Waals surface area contributed by atoms with E-state index in [0.717, 1.165) is 19.1 Å². The smallest absolute Gasteiger partial charge is 0.303 e. The number of benzene rings is 1. The Labute approximate surface area is 107 Å². The van der Waals surface area contributed by atoms with Gasteiger partial charge in [-0.1, -0.05) is 18.2 Å². The van der Waals surface area contributed by atoms with E-state index in [1.807, 2.05) is 0 Å². The number of carbonyl (C=O) groups is 1. The molecule has 0 amide bonds. The third-order valence-electron chi connectivity index (χ3n) is 3.30. The minimum Gasteiger partial charge on any atom is -0.481 e. The fourth-order valence-electron chi connectivity index (χ4n) is 2.34. The molecule has 0 aliphatic heterocycles. The molecule has 0 spiro atoms. The van der Waals surface area contributed by atoms with Gasteiger partial charge in [-0.05, 0) is 36.3 Å². The van der Waals surface area contributed by atoms with Crippen LogP contribution in [0, 0.1) is 5.92 Å². The normalized spacial score (nSPS) is 17.4. The lowest BCUT2D eigenvalue weighted by molar-refractivity contribution is -0.137. The number of hydrogen-bond acceptors (Lipinski definition) is 3. The van der Waals surface area contributed by atoms with Crippen molar-refractivity contribution >= 4 is 15.8 Å². The molecule has 1 N–H and O–H groups in total. The van der Waals surface area contributed by atoms with Crippen molar-refractivity contribution < 1.29 is 18.3 Å². The minimum absolute atomic E-state index is 0.00278. The highest BCUT2D eigenvalue weighted by molar-refractivity contribution is 7.90. The minimum atomic E-state index is -3.31. The van der Waals surface area contributed by atoms with Gasteiger partial charge in [0.1, 0.15) is 0 Å². The van der Waals surface area contributed by atoms with E-state index in [1.54, 1.807) is 24.3 Å². The number of hydrogen-bond donors (Lipinski definition) is 1. The van der Waals surface area contributed by atoms with Crippen LogP contribution in [0.25, 0.3) is 0 Å². The fourth-order valence-corrected chi connectivity index (χ4v) is 3.32. The van der Waals surface area contributed by atoms with Crippen molar-refractivity contribution in [3.63, 3.8) is 0 Å². The maximum atomic E-state index is 11.7. The van der Waals surface area contributed by atoms with Crippen molar-refractivity contribution in [2.45, 2.75) is 30.1 Å². The van der Waals surface area contributed by atoms with Crippen LogP contribution in [-0.2, 0) is 14.6 Å². The molecule has 98 valence electrons. The Balaban J connectivity index is 2.44. The van der Waals surface area contributed by atoms with E-state index in [4.69, 9.17) is 5.11 Å². The molecule has 1 aliphatic carbocycles. The lowest BCUT2D eigenvalue weighted by Gasteiger charge is -2.17. The van der Waals surface area contributed by atoms with Crippen molar-refractivity contribution in [3.8, 4) is 0 Å². The molecule has 1 aromatic rings. The van der Waals surface area contributed by atoms with E-state index in [9.17, 15) is 13.2 Å². The van der Waals surface area contributed by atoms with Gasteiger partial charge in [0.25, 0.3) is 0 Å². The molecule has 18 heavy (non-hydrogen) atoms. The molecule has 1 atom stereocenters. The van der Waals surface area contributed by atoms with E-state index in [2.05, 4.69) is 0 Å². The fraction of sp³-hybridized carbons (Fsp3) is 0.462. The third-order valence-corrected chi connectivity index (χ3v) is 4.47. The number of carboxylic acid groups (broad SMARTS) is 1. The van der Waals surface area contributed by atoms with Crippen LogP contribution in [0.2, 0.25) is 0 Å². The first-order valence-electron chi connectivity index (χ1n) is 5.90. The quantitative estimate of drug-likeness (QED) is 0.887. The summed E-state index contributed by atoms with van der Waals surface area (Å²) < 4.78 is 23.5.